The van der Waals surface area contributed by atoms with Crippen LogP contribution in [0.2, 0.25) is 0 Å². The minimum absolute atomic E-state index is 0.273. The fourth-order valence-corrected chi connectivity index (χ4v) is 6.38. The van der Waals surface area contributed by atoms with Gasteiger partial charge in [0.25, 0.3) is 0 Å². The van der Waals surface area contributed by atoms with Crippen molar-refractivity contribution in [2.45, 2.75) is 38.9 Å². The van der Waals surface area contributed by atoms with Gasteiger partial charge < -0.3 is 9.31 Å². The molecule has 4 atom stereocenters. The Balaban J connectivity index is 1.53. The molecule has 0 radical (unpaired) electrons. The highest BCUT2D eigenvalue weighted by Crippen LogP contribution is 2.60. The minimum Gasteiger partial charge on any atom is -0.399 e. The fraction of sp³-hybridized carbons (Fsp3) is 0.235. The Labute approximate surface area is 221 Å². The second kappa shape index (κ2) is 9.17. The first-order chi connectivity index (χ1) is 17.9. The Morgan fingerprint density at radius 2 is 0.919 bits per heavy atom. The maximum absolute atomic E-state index is 6.65. The Hall–Kier alpha value is -3.40. The van der Waals surface area contributed by atoms with Crippen LogP contribution in [0.1, 0.15) is 49.9 Å². The Bertz CT molecular complexity index is 1370. The monoisotopic (exact) mass is 484 g/mol. The Morgan fingerprint density at radius 3 is 1.35 bits per heavy atom. The van der Waals surface area contributed by atoms with Crippen LogP contribution in [0, 0.1) is 11.8 Å². The van der Waals surface area contributed by atoms with Crippen LogP contribution >= 0.6 is 0 Å². The summed E-state index contributed by atoms with van der Waals surface area (Å²) in [4.78, 5) is 0. The third-order valence-corrected chi connectivity index (χ3v) is 9.06. The topological polar surface area (TPSA) is 18.5 Å². The first kappa shape index (κ1) is 24.0. The minimum atomic E-state index is -0.378. The van der Waals surface area contributed by atoms with Gasteiger partial charge in [0, 0.05) is 0 Å². The number of benzene rings is 4. The van der Waals surface area contributed by atoms with Gasteiger partial charge in [0.1, 0.15) is 0 Å². The zero-order valence-electron chi connectivity index (χ0n) is 22.0. The molecular weight excluding hydrogens is 451 g/mol. The van der Waals surface area contributed by atoms with E-state index in [-0.39, 0.29) is 18.3 Å². The standard InChI is InChI=1S/C34H33BO2/c1-24-25(2)34(4)33(24,3)36-35(37-34)30-22-14-21-29(23-30)32(28-19-12-7-13-20-28)31(26-15-8-5-9-16-26)27-17-10-6-11-18-27/h5-25H,1-4H3/t24-,25?,33?,34?/m0/s1. The normalized spacial score (nSPS) is 26.3. The summed E-state index contributed by atoms with van der Waals surface area (Å²) < 4.78 is 13.3. The zero-order valence-corrected chi connectivity index (χ0v) is 22.0. The van der Waals surface area contributed by atoms with Crippen molar-refractivity contribution < 1.29 is 9.31 Å². The molecule has 1 aliphatic carbocycles. The van der Waals surface area contributed by atoms with Crippen molar-refractivity contribution in [3.63, 3.8) is 0 Å². The fourth-order valence-electron chi connectivity index (χ4n) is 6.38. The lowest BCUT2D eigenvalue weighted by Gasteiger charge is -2.60. The van der Waals surface area contributed by atoms with Gasteiger partial charge in [0.2, 0.25) is 0 Å². The second-order valence-corrected chi connectivity index (χ2v) is 10.8. The molecule has 1 aliphatic heterocycles. The molecule has 2 nitrogen and oxygen atoms in total. The summed E-state index contributed by atoms with van der Waals surface area (Å²) >= 11 is 0. The maximum atomic E-state index is 6.65. The van der Waals surface area contributed by atoms with Crippen LogP contribution < -0.4 is 5.46 Å². The third kappa shape index (κ3) is 3.80. The lowest BCUT2D eigenvalue weighted by molar-refractivity contribution is -0.202. The van der Waals surface area contributed by atoms with E-state index in [0.29, 0.717) is 11.8 Å². The molecule has 37 heavy (non-hydrogen) atoms. The van der Waals surface area contributed by atoms with Crippen LogP contribution in [0.4, 0.5) is 0 Å². The lowest BCUT2D eigenvalue weighted by Crippen LogP contribution is -2.69. The predicted molar refractivity (Wildman–Crippen MR) is 153 cm³/mol. The van der Waals surface area contributed by atoms with Crippen molar-refractivity contribution in [1.29, 1.82) is 0 Å². The van der Waals surface area contributed by atoms with Gasteiger partial charge in [-0.1, -0.05) is 129 Å². The molecule has 3 heteroatoms. The number of hydrogen-bond acceptors (Lipinski definition) is 2. The van der Waals surface area contributed by atoms with Gasteiger partial charge in [-0.05, 0) is 64.5 Å². The van der Waals surface area contributed by atoms with Gasteiger partial charge in [-0.25, -0.2) is 0 Å². The molecule has 0 spiro atoms. The molecule has 0 bridgehead atoms. The van der Waals surface area contributed by atoms with Crippen molar-refractivity contribution in [3.05, 3.63) is 138 Å². The van der Waals surface area contributed by atoms with Crippen molar-refractivity contribution in [2.75, 3.05) is 0 Å². The van der Waals surface area contributed by atoms with E-state index >= 15 is 0 Å². The second-order valence-electron chi connectivity index (χ2n) is 10.8. The van der Waals surface area contributed by atoms with E-state index in [9.17, 15) is 0 Å². The van der Waals surface area contributed by atoms with E-state index in [1.54, 1.807) is 0 Å². The highest BCUT2D eigenvalue weighted by atomic mass is 16.7. The van der Waals surface area contributed by atoms with Gasteiger partial charge >= 0.3 is 7.12 Å². The maximum Gasteiger partial charge on any atom is 0.494 e. The third-order valence-electron chi connectivity index (χ3n) is 9.06. The van der Waals surface area contributed by atoms with Crippen LogP contribution in [0.5, 0.6) is 0 Å². The number of fused-ring (bicyclic) bond motifs is 1. The summed E-state index contributed by atoms with van der Waals surface area (Å²) in [6, 6.07) is 40.8. The SMILES string of the molecule is CC1[C@H](C)C2(C)OB(c3cccc(C(=C(c4ccccc4)c4ccccc4)c4ccccc4)c3)OC12C. The first-order valence-electron chi connectivity index (χ1n) is 13.3. The van der Waals surface area contributed by atoms with Crippen LogP contribution in [0.15, 0.2) is 115 Å². The van der Waals surface area contributed by atoms with E-state index in [1.807, 2.05) is 0 Å². The summed E-state index contributed by atoms with van der Waals surface area (Å²) in [6.45, 7) is 8.97. The molecule has 0 amide bonds. The smallest absolute Gasteiger partial charge is 0.399 e. The largest absolute Gasteiger partial charge is 0.494 e. The summed E-state index contributed by atoms with van der Waals surface area (Å²) in [5.74, 6) is 0.904. The molecule has 3 unspecified atom stereocenters. The zero-order chi connectivity index (χ0) is 25.6. The molecule has 1 saturated heterocycles. The quantitative estimate of drug-likeness (QED) is 0.220. The van der Waals surface area contributed by atoms with Crippen LogP contribution in [-0.2, 0) is 9.31 Å². The van der Waals surface area contributed by atoms with Gasteiger partial charge in [0.05, 0.1) is 11.2 Å². The highest BCUT2D eigenvalue weighted by Gasteiger charge is 2.71. The molecule has 6 rings (SSSR count). The van der Waals surface area contributed by atoms with Crippen molar-refractivity contribution in [3.8, 4) is 0 Å². The van der Waals surface area contributed by atoms with Gasteiger partial charge in [-0.2, -0.15) is 0 Å². The molecule has 184 valence electrons. The van der Waals surface area contributed by atoms with Gasteiger partial charge in [-0.3, -0.25) is 0 Å². The average Bonchev–Trinajstić information content (AvgIpc) is 3.21. The molecular formula is C34H33BO2. The Kier molecular flexibility index (Phi) is 5.94. The van der Waals surface area contributed by atoms with E-state index in [4.69, 9.17) is 9.31 Å². The summed E-state index contributed by atoms with van der Waals surface area (Å²) in [5, 5.41) is 0. The summed E-state index contributed by atoms with van der Waals surface area (Å²) in [5.41, 5.74) is 7.61. The van der Waals surface area contributed by atoms with Gasteiger partial charge in [-0.15, -0.1) is 0 Å². The van der Waals surface area contributed by atoms with Crippen molar-refractivity contribution in [1.82, 2.24) is 0 Å². The predicted octanol–water partition coefficient (Wildman–Crippen LogP) is 7.24. The van der Waals surface area contributed by atoms with E-state index < -0.39 is 0 Å². The highest BCUT2D eigenvalue weighted by molar-refractivity contribution is 6.62. The first-order valence-corrected chi connectivity index (χ1v) is 13.3. The molecule has 0 aromatic heterocycles. The molecule has 1 saturated carbocycles. The van der Waals surface area contributed by atoms with E-state index in [1.165, 1.54) is 27.8 Å². The lowest BCUT2D eigenvalue weighted by atomic mass is 9.53. The molecule has 1 heterocycles. The van der Waals surface area contributed by atoms with E-state index in [2.05, 4.69) is 143 Å². The summed E-state index contributed by atoms with van der Waals surface area (Å²) in [6.07, 6.45) is 0. The molecule has 2 fully saturated rings. The van der Waals surface area contributed by atoms with Crippen molar-refractivity contribution in [2.24, 2.45) is 11.8 Å². The number of hydrogen-bond donors (Lipinski definition) is 0. The van der Waals surface area contributed by atoms with Crippen LogP contribution in [-0.4, -0.2) is 18.3 Å². The molecule has 2 aliphatic rings. The molecule has 4 aromatic carbocycles. The average molecular weight is 484 g/mol. The molecule has 4 aromatic rings. The van der Waals surface area contributed by atoms with Crippen LogP contribution in [0.25, 0.3) is 11.1 Å². The van der Waals surface area contributed by atoms with Crippen molar-refractivity contribution >= 4 is 23.7 Å². The molecule has 0 N–H and O–H groups in total. The summed E-state index contributed by atoms with van der Waals surface area (Å²) in [7, 11) is -0.378. The van der Waals surface area contributed by atoms with Gasteiger partial charge in [0.15, 0.2) is 0 Å². The Morgan fingerprint density at radius 1 is 0.541 bits per heavy atom. The number of rotatable bonds is 5. The van der Waals surface area contributed by atoms with E-state index in [0.717, 1.165) is 11.0 Å². The van der Waals surface area contributed by atoms with Crippen LogP contribution in [0.3, 0.4) is 0 Å².